The monoisotopic (exact) mass is 515 g/mol. The molecule has 0 spiro atoms. The molecule has 2 heterocycles. The Bertz CT molecular complexity index is 1280. The second-order valence-corrected chi connectivity index (χ2v) is 9.75. The number of aromatic nitrogens is 1. The number of aryl methyl sites for hydroxylation is 2. The maximum atomic E-state index is 13.7. The van der Waals surface area contributed by atoms with Gasteiger partial charge in [-0.25, -0.2) is 4.39 Å². The molecular weight excluding hydrogens is 488 g/mol. The third-order valence-corrected chi connectivity index (χ3v) is 7.09. The van der Waals surface area contributed by atoms with Gasteiger partial charge in [0.1, 0.15) is 10.8 Å². The summed E-state index contributed by atoms with van der Waals surface area (Å²) >= 11 is 12.7. The van der Waals surface area contributed by atoms with E-state index in [-0.39, 0.29) is 28.2 Å². The van der Waals surface area contributed by atoms with Gasteiger partial charge < -0.3 is 14.8 Å². The molecular formula is C27H28Cl2FN3O2. The Balaban J connectivity index is 1.64. The minimum atomic E-state index is -0.345. The highest BCUT2D eigenvalue weighted by atomic mass is 35.5. The zero-order valence-corrected chi connectivity index (χ0v) is 21.3. The molecule has 8 heteroatoms. The number of pyridine rings is 1. The van der Waals surface area contributed by atoms with E-state index in [1.165, 1.54) is 16.7 Å². The van der Waals surface area contributed by atoms with Crippen molar-refractivity contribution in [3.05, 3.63) is 91.6 Å². The lowest BCUT2D eigenvalue weighted by Gasteiger charge is -2.33. The predicted octanol–water partition coefficient (Wildman–Crippen LogP) is 6.78. The molecule has 184 valence electrons. The number of likely N-dealkylation sites (tertiary alicyclic amines) is 1. The molecule has 4 rings (SSSR count). The topological polar surface area (TPSA) is 54.3 Å². The Morgan fingerprint density at radius 1 is 1.11 bits per heavy atom. The van der Waals surface area contributed by atoms with Gasteiger partial charge in [-0.3, -0.25) is 9.59 Å². The molecule has 0 radical (unpaired) electrons. The highest BCUT2D eigenvalue weighted by Crippen LogP contribution is 2.33. The van der Waals surface area contributed by atoms with Crippen LogP contribution >= 0.6 is 23.2 Å². The van der Waals surface area contributed by atoms with Crippen LogP contribution in [0.2, 0.25) is 10.0 Å². The van der Waals surface area contributed by atoms with Crippen molar-refractivity contribution in [2.24, 2.45) is 0 Å². The number of halogens is 3. The summed E-state index contributed by atoms with van der Waals surface area (Å²) < 4.78 is 14.8. The minimum absolute atomic E-state index is 0.0233. The van der Waals surface area contributed by atoms with Gasteiger partial charge in [0.15, 0.2) is 0 Å². The number of piperidine rings is 1. The van der Waals surface area contributed by atoms with Crippen molar-refractivity contribution < 1.29 is 9.18 Å². The molecule has 0 saturated carbocycles. The first kappa shape index (κ1) is 25.3. The number of hydrogen-bond donors (Lipinski definition) is 1. The van der Waals surface area contributed by atoms with Crippen LogP contribution in [0.5, 0.6) is 0 Å². The SMILES string of the molecule is CCCn1cc(C(=O)N2CCC(c3ccc(F)cc3)CC2)c(Nc2cc(Cl)ccc2C)c(Cl)c1=O. The Morgan fingerprint density at radius 2 is 1.80 bits per heavy atom. The molecule has 1 aromatic heterocycles. The quantitative estimate of drug-likeness (QED) is 0.393. The number of amides is 1. The maximum absolute atomic E-state index is 13.7. The lowest BCUT2D eigenvalue weighted by molar-refractivity contribution is 0.0713. The number of hydrogen-bond acceptors (Lipinski definition) is 3. The van der Waals surface area contributed by atoms with Gasteiger partial charge in [0, 0.05) is 36.5 Å². The van der Waals surface area contributed by atoms with Crippen molar-refractivity contribution in [3.63, 3.8) is 0 Å². The number of rotatable bonds is 6. The van der Waals surface area contributed by atoms with Crippen LogP contribution in [0.3, 0.4) is 0 Å². The third-order valence-electron chi connectivity index (χ3n) is 6.50. The Hall–Kier alpha value is -2.83. The van der Waals surface area contributed by atoms with Gasteiger partial charge in [-0.1, -0.05) is 48.3 Å². The van der Waals surface area contributed by atoms with Crippen LogP contribution in [0.25, 0.3) is 0 Å². The van der Waals surface area contributed by atoms with Crippen LogP contribution in [0.1, 0.15) is 53.6 Å². The largest absolute Gasteiger partial charge is 0.353 e. The van der Waals surface area contributed by atoms with Crippen molar-refractivity contribution in [2.45, 2.75) is 45.6 Å². The Morgan fingerprint density at radius 3 is 2.46 bits per heavy atom. The fourth-order valence-corrected chi connectivity index (χ4v) is 4.94. The number of nitrogens with zero attached hydrogens (tertiary/aromatic N) is 2. The fourth-order valence-electron chi connectivity index (χ4n) is 4.51. The van der Waals surface area contributed by atoms with Gasteiger partial charge in [-0.05, 0) is 67.5 Å². The molecule has 35 heavy (non-hydrogen) atoms. The molecule has 0 bridgehead atoms. The van der Waals surface area contributed by atoms with E-state index in [2.05, 4.69) is 5.32 Å². The highest BCUT2D eigenvalue weighted by Gasteiger charge is 2.28. The van der Waals surface area contributed by atoms with E-state index in [1.807, 2.05) is 32.0 Å². The standard InChI is InChI=1S/C27H28Cl2FN3O2/c1-3-12-33-16-22(25(24(29)27(33)35)31-23-15-20(28)7-4-17(23)2)26(34)32-13-10-19(11-14-32)18-5-8-21(30)9-6-18/h4-9,15-16,19,31H,3,10-14H2,1-2H3. The number of benzene rings is 2. The molecule has 1 amide bonds. The minimum Gasteiger partial charge on any atom is -0.353 e. The summed E-state index contributed by atoms with van der Waals surface area (Å²) in [6.07, 6.45) is 3.88. The molecule has 2 aromatic carbocycles. The van der Waals surface area contributed by atoms with Gasteiger partial charge >= 0.3 is 0 Å². The first-order valence-electron chi connectivity index (χ1n) is 11.8. The molecule has 1 fully saturated rings. The zero-order valence-electron chi connectivity index (χ0n) is 19.8. The second kappa shape index (κ2) is 10.8. The van der Waals surface area contributed by atoms with E-state index in [9.17, 15) is 14.0 Å². The summed E-state index contributed by atoms with van der Waals surface area (Å²) in [6.45, 7) is 5.44. The predicted molar refractivity (Wildman–Crippen MR) is 140 cm³/mol. The lowest BCUT2D eigenvalue weighted by atomic mass is 9.89. The average Bonchev–Trinajstić information content (AvgIpc) is 2.86. The Kier molecular flexibility index (Phi) is 7.82. The van der Waals surface area contributed by atoms with Gasteiger partial charge in [0.2, 0.25) is 0 Å². The summed E-state index contributed by atoms with van der Waals surface area (Å²) in [7, 11) is 0. The first-order valence-corrected chi connectivity index (χ1v) is 12.5. The van der Waals surface area contributed by atoms with Crippen molar-refractivity contribution >= 4 is 40.5 Å². The maximum Gasteiger partial charge on any atom is 0.271 e. The highest BCUT2D eigenvalue weighted by molar-refractivity contribution is 6.34. The van der Waals surface area contributed by atoms with E-state index in [1.54, 1.807) is 23.2 Å². The van der Waals surface area contributed by atoms with Crippen molar-refractivity contribution in [1.82, 2.24) is 9.47 Å². The molecule has 3 aromatic rings. The van der Waals surface area contributed by atoms with Crippen molar-refractivity contribution in [2.75, 3.05) is 18.4 Å². The third kappa shape index (κ3) is 5.54. The van der Waals surface area contributed by atoms with Crippen LogP contribution < -0.4 is 10.9 Å². The molecule has 5 nitrogen and oxygen atoms in total. The molecule has 1 aliphatic rings. The Labute approximate surface area is 214 Å². The van der Waals surface area contributed by atoms with Crippen LogP contribution in [0.15, 0.2) is 53.5 Å². The van der Waals surface area contributed by atoms with Gasteiger partial charge in [0.05, 0.1) is 11.3 Å². The number of nitrogens with one attached hydrogen (secondary N) is 1. The lowest BCUT2D eigenvalue weighted by Crippen LogP contribution is -2.39. The van der Waals surface area contributed by atoms with Gasteiger partial charge in [-0.2, -0.15) is 0 Å². The second-order valence-electron chi connectivity index (χ2n) is 8.93. The van der Waals surface area contributed by atoms with E-state index < -0.39 is 0 Å². The smallest absolute Gasteiger partial charge is 0.271 e. The van der Waals surface area contributed by atoms with Crippen LogP contribution in [-0.2, 0) is 6.54 Å². The molecule has 1 N–H and O–H groups in total. The van der Waals surface area contributed by atoms with Crippen LogP contribution in [0.4, 0.5) is 15.8 Å². The number of carbonyl (C=O) groups is 1. The summed E-state index contributed by atoms with van der Waals surface area (Å²) in [5.74, 6) is -0.170. The summed E-state index contributed by atoms with van der Waals surface area (Å²) in [6, 6.07) is 12.0. The van der Waals surface area contributed by atoms with Crippen molar-refractivity contribution in [3.8, 4) is 0 Å². The normalized spacial score (nSPS) is 14.3. The first-order chi connectivity index (χ1) is 16.8. The van der Waals surface area contributed by atoms with Crippen LogP contribution in [-0.4, -0.2) is 28.5 Å². The van der Waals surface area contributed by atoms with E-state index >= 15 is 0 Å². The molecule has 1 aliphatic heterocycles. The fraction of sp³-hybridized carbons (Fsp3) is 0.333. The summed E-state index contributed by atoms with van der Waals surface area (Å²) in [5, 5.41) is 3.72. The van der Waals surface area contributed by atoms with E-state index in [0.29, 0.717) is 41.6 Å². The molecule has 0 atom stereocenters. The van der Waals surface area contributed by atoms with E-state index in [0.717, 1.165) is 30.4 Å². The molecule has 1 saturated heterocycles. The zero-order chi connectivity index (χ0) is 25.1. The van der Waals surface area contributed by atoms with Gasteiger partial charge in [-0.15, -0.1) is 0 Å². The number of anilines is 2. The number of carbonyl (C=O) groups excluding carboxylic acids is 1. The van der Waals surface area contributed by atoms with Crippen LogP contribution in [0, 0.1) is 12.7 Å². The molecule has 0 aliphatic carbocycles. The van der Waals surface area contributed by atoms with E-state index in [4.69, 9.17) is 23.2 Å². The van der Waals surface area contributed by atoms with Crippen molar-refractivity contribution in [1.29, 1.82) is 0 Å². The van der Waals surface area contributed by atoms with Gasteiger partial charge in [0.25, 0.3) is 11.5 Å². The summed E-state index contributed by atoms with van der Waals surface area (Å²) in [5.41, 5.74) is 2.96. The average molecular weight is 516 g/mol. The molecule has 0 unspecified atom stereocenters. The summed E-state index contributed by atoms with van der Waals surface area (Å²) in [4.78, 5) is 28.4.